The average molecular weight is 347 g/mol. The van der Waals surface area contributed by atoms with E-state index in [0.29, 0.717) is 18.2 Å². The third-order valence-corrected chi connectivity index (χ3v) is 4.78. The number of carbonyl (C=O) groups is 1. The van der Waals surface area contributed by atoms with E-state index in [1.807, 2.05) is 30.5 Å². The standard InChI is InChI=1S/C20H21N5O/c1-14(15-7-8-15)10-22-20(26)19-6-2-5-18(24-19)16-11-23-25(13-16)17-4-3-9-21-12-17/h2-6,9,11-15H,7-8,10H2,1H3,(H,22,26). The van der Waals surface area contributed by atoms with Gasteiger partial charge in [-0.25, -0.2) is 9.67 Å². The fourth-order valence-corrected chi connectivity index (χ4v) is 2.98. The zero-order valence-electron chi connectivity index (χ0n) is 14.7. The molecule has 1 N–H and O–H groups in total. The summed E-state index contributed by atoms with van der Waals surface area (Å²) in [7, 11) is 0. The normalized spacial score (nSPS) is 14.8. The van der Waals surface area contributed by atoms with Crippen LogP contribution in [0.1, 0.15) is 30.3 Å². The lowest BCUT2D eigenvalue weighted by Crippen LogP contribution is -2.29. The molecule has 0 aromatic carbocycles. The van der Waals surface area contributed by atoms with Crippen molar-refractivity contribution in [1.82, 2.24) is 25.1 Å². The highest BCUT2D eigenvalue weighted by Gasteiger charge is 2.28. The van der Waals surface area contributed by atoms with Crippen LogP contribution in [-0.4, -0.2) is 32.2 Å². The molecule has 6 heteroatoms. The molecule has 1 aliphatic rings. The Bertz CT molecular complexity index is 901. The molecule has 1 saturated carbocycles. The molecule has 0 spiro atoms. The van der Waals surface area contributed by atoms with Gasteiger partial charge in [0.05, 0.1) is 23.8 Å². The van der Waals surface area contributed by atoms with Crippen molar-refractivity contribution in [2.75, 3.05) is 6.54 Å². The molecule has 3 aromatic rings. The van der Waals surface area contributed by atoms with Crippen LogP contribution < -0.4 is 5.32 Å². The van der Waals surface area contributed by atoms with Gasteiger partial charge in [0.1, 0.15) is 5.69 Å². The number of nitrogens with one attached hydrogen (secondary N) is 1. The summed E-state index contributed by atoms with van der Waals surface area (Å²) in [5.74, 6) is 1.17. The zero-order chi connectivity index (χ0) is 17.9. The van der Waals surface area contributed by atoms with E-state index in [1.165, 1.54) is 12.8 Å². The van der Waals surface area contributed by atoms with Crippen molar-refractivity contribution in [2.24, 2.45) is 11.8 Å². The van der Waals surface area contributed by atoms with Crippen LogP contribution in [0.3, 0.4) is 0 Å². The van der Waals surface area contributed by atoms with Crippen LogP contribution in [0.15, 0.2) is 55.1 Å². The first-order valence-electron chi connectivity index (χ1n) is 8.91. The van der Waals surface area contributed by atoms with Crippen LogP contribution in [0, 0.1) is 11.8 Å². The Balaban J connectivity index is 1.48. The number of rotatable bonds is 6. The van der Waals surface area contributed by atoms with E-state index < -0.39 is 0 Å². The molecule has 1 amide bonds. The Morgan fingerprint density at radius 1 is 1.27 bits per heavy atom. The lowest BCUT2D eigenvalue weighted by Gasteiger charge is -2.11. The maximum Gasteiger partial charge on any atom is 0.269 e. The largest absolute Gasteiger partial charge is 0.350 e. The van der Waals surface area contributed by atoms with Crippen molar-refractivity contribution in [2.45, 2.75) is 19.8 Å². The predicted molar refractivity (Wildman–Crippen MR) is 98.8 cm³/mol. The molecule has 0 radical (unpaired) electrons. The summed E-state index contributed by atoms with van der Waals surface area (Å²) >= 11 is 0. The number of nitrogens with zero attached hydrogens (tertiary/aromatic N) is 4. The summed E-state index contributed by atoms with van der Waals surface area (Å²) in [4.78, 5) is 21.0. The molecule has 3 heterocycles. The highest BCUT2D eigenvalue weighted by Crippen LogP contribution is 2.36. The number of pyridine rings is 2. The molecule has 6 nitrogen and oxygen atoms in total. The molecule has 132 valence electrons. The van der Waals surface area contributed by atoms with Gasteiger partial charge in [0.2, 0.25) is 0 Å². The molecular weight excluding hydrogens is 326 g/mol. The van der Waals surface area contributed by atoms with Gasteiger partial charge >= 0.3 is 0 Å². The molecule has 1 fully saturated rings. The van der Waals surface area contributed by atoms with Gasteiger partial charge in [-0.15, -0.1) is 0 Å². The lowest BCUT2D eigenvalue weighted by atomic mass is 10.1. The van der Waals surface area contributed by atoms with Gasteiger partial charge in [-0.3, -0.25) is 9.78 Å². The first kappa shape index (κ1) is 16.4. The third kappa shape index (κ3) is 3.64. The summed E-state index contributed by atoms with van der Waals surface area (Å²) in [5.41, 5.74) is 2.89. The molecule has 1 aliphatic carbocycles. The third-order valence-electron chi connectivity index (χ3n) is 4.78. The minimum atomic E-state index is -0.126. The van der Waals surface area contributed by atoms with Gasteiger partial charge in [-0.1, -0.05) is 13.0 Å². The predicted octanol–water partition coefficient (Wildman–Crippen LogP) is 3.11. The Kier molecular flexibility index (Phi) is 4.48. The fourth-order valence-electron chi connectivity index (χ4n) is 2.98. The maximum absolute atomic E-state index is 12.4. The van der Waals surface area contributed by atoms with Crippen molar-refractivity contribution in [1.29, 1.82) is 0 Å². The van der Waals surface area contributed by atoms with E-state index in [2.05, 4.69) is 27.3 Å². The summed E-state index contributed by atoms with van der Waals surface area (Å²) in [6.07, 6.45) is 9.66. The summed E-state index contributed by atoms with van der Waals surface area (Å²) in [6.45, 7) is 2.89. The Hall–Kier alpha value is -3.02. The van der Waals surface area contributed by atoms with Crippen LogP contribution >= 0.6 is 0 Å². The van der Waals surface area contributed by atoms with Gasteiger partial charge in [-0.05, 0) is 48.9 Å². The maximum atomic E-state index is 12.4. The molecule has 1 atom stereocenters. The number of amides is 1. The van der Waals surface area contributed by atoms with Crippen molar-refractivity contribution in [3.05, 3.63) is 60.8 Å². The Labute approximate surface area is 152 Å². The minimum absolute atomic E-state index is 0.126. The SMILES string of the molecule is CC(CNC(=O)c1cccc(-c2cnn(-c3cccnc3)c2)n1)C1CC1. The average Bonchev–Trinajstić information content (AvgIpc) is 3.43. The van der Waals surface area contributed by atoms with Crippen LogP contribution in [0.5, 0.6) is 0 Å². The molecule has 0 aliphatic heterocycles. The summed E-state index contributed by atoms with van der Waals surface area (Å²) in [6, 6.07) is 9.27. The minimum Gasteiger partial charge on any atom is -0.350 e. The zero-order valence-corrected chi connectivity index (χ0v) is 14.7. The van der Waals surface area contributed by atoms with Crippen LogP contribution in [0.4, 0.5) is 0 Å². The number of carbonyl (C=O) groups excluding carboxylic acids is 1. The van der Waals surface area contributed by atoms with Gasteiger partial charge in [0.25, 0.3) is 5.91 Å². The van der Waals surface area contributed by atoms with E-state index in [-0.39, 0.29) is 5.91 Å². The van der Waals surface area contributed by atoms with Gasteiger partial charge in [-0.2, -0.15) is 5.10 Å². The fraction of sp³-hybridized carbons (Fsp3) is 0.300. The second kappa shape index (κ2) is 7.07. The van der Waals surface area contributed by atoms with Gasteiger partial charge < -0.3 is 5.32 Å². The lowest BCUT2D eigenvalue weighted by molar-refractivity contribution is 0.0942. The van der Waals surface area contributed by atoms with Crippen LogP contribution in [-0.2, 0) is 0 Å². The number of hydrogen-bond acceptors (Lipinski definition) is 4. The van der Waals surface area contributed by atoms with Crippen LogP contribution in [0.25, 0.3) is 16.9 Å². The quantitative estimate of drug-likeness (QED) is 0.744. The summed E-state index contributed by atoms with van der Waals surface area (Å²) in [5, 5.41) is 7.36. The Morgan fingerprint density at radius 3 is 2.92 bits per heavy atom. The molecule has 26 heavy (non-hydrogen) atoms. The second-order valence-electron chi connectivity index (χ2n) is 6.82. The first-order valence-corrected chi connectivity index (χ1v) is 8.91. The van der Waals surface area contributed by atoms with Crippen LogP contribution in [0.2, 0.25) is 0 Å². The van der Waals surface area contributed by atoms with Crippen molar-refractivity contribution in [3.63, 3.8) is 0 Å². The van der Waals surface area contributed by atoms with E-state index in [4.69, 9.17) is 0 Å². The smallest absolute Gasteiger partial charge is 0.269 e. The molecule has 0 saturated heterocycles. The van der Waals surface area contributed by atoms with Gasteiger partial charge in [0, 0.05) is 24.5 Å². The van der Waals surface area contributed by atoms with Gasteiger partial charge in [0.15, 0.2) is 0 Å². The topological polar surface area (TPSA) is 72.7 Å². The molecule has 3 aromatic heterocycles. The molecule has 0 bridgehead atoms. The molecular formula is C20H21N5O. The molecule has 1 unspecified atom stereocenters. The highest BCUT2D eigenvalue weighted by molar-refractivity contribution is 5.92. The van der Waals surface area contributed by atoms with Crippen molar-refractivity contribution < 1.29 is 4.79 Å². The van der Waals surface area contributed by atoms with Crippen molar-refractivity contribution in [3.8, 4) is 16.9 Å². The van der Waals surface area contributed by atoms with E-state index in [1.54, 1.807) is 29.3 Å². The van der Waals surface area contributed by atoms with E-state index in [0.717, 1.165) is 22.9 Å². The van der Waals surface area contributed by atoms with Crippen molar-refractivity contribution >= 4 is 5.91 Å². The Morgan fingerprint density at radius 2 is 2.15 bits per heavy atom. The number of aromatic nitrogens is 4. The highest BCUT2D eigenvalue weighted by atomic mass is 16.1. The first-order chi connectivity index (χ1) is 12.7. The van der Waals surface area contributed by atoms with E-state index >= 15 is 0 Å². The number of hydrogen-bond donors (Lipinski definition) is 1. The molecule has 4 rings (SSSR count). The van der Waals surface area contributed by atoms with E-state index in [9.17, 15) is 4.79 Å². The summed E-state index contributed by atoms with van der Waals surface area (Å²) < 4.78 is 1.74. The second-order valence-corrected chi connectivity index (χ2v) is 6.82. The monoisotopic (exact) mass is 347 g/mol.